The summed E-state index contributed by atoms with van der Waals surface area (Å²) in [5.74, 6) is 0.365. The van der Waals surface area contributed by atoms with E-state index in [1.54, 1.807) is 18.5 Å². The van der Waals surface area contributed by atoms with Crippen LogP contribution in [0.25, 0.3) is 10.9 Å². The Morgan fingerprint density at radius 3 is 2.95 bits per heavy atom. The van der Waals surface area contributed by atoms with Gasteiger partial charge >= 0.3 is 0 Å². The van der Waals surface area contributed by atoms with Crippen molar-refractivity contribution in [2.45, 2.75) is 0 Å². The zero-order valence-corrected chi connectivity index (χ0v) is 11.1. The summed E-state index contributed by atoms with van der Waals surface area (Å²) in [6.45, 7) is 0. The predicted octanol–water partition coefficient (Wildman–Crippen LogP) is -0.648. The van der Waals surface area contributed by atoms with Crippen molar-refractivity contribution in [2.75, 3.05) is 11.1 Å². The first kappa shape index (κ1) is 12.8. The van der Waals surface area contributed by atoms with Gasteiger partial charge in [-0.1, -0.05) is 0 Å². The van der Waals surface area contributed by atoms with Gasteiger partial charge in [-0.3, -0.25) is 9.89 Å². The molecule has 0 saturated carbocycles. The van der Waals surface area contributed by atoms with Crippen LogP contribution in [0.2, 0.25) is 0 Å². The quantitative estimate of drug-likeness (QED) is 0.469. The maximum Gasteiger partial charge on any atom is 0.261 e. The van der Waals surface area contributed by atoms with Gasteiger partial charge in [-0.05, 0) is 0 Å². The summed E-state index contributed by atoms with van der Waals surface area (Å²) >= 11 is 0. The normalized spacial score (nSPS) is 10.5. The smallest absolute Gasteiger partial charge is 0.261 e. The van der Waals surface area contributed by atoms with Gasteiger partial charge in [0.25, 0.3) is 5.91 Å². The maximum absolute atomic E-state index is 11.8. The van der Waals surface area contributed by atoms with E-state index in [9.17, 15) is 4.79 Å². The molecule has 0 fully saturated rings. The molecule has 0 unspecified atom stereocenters. The third-order valence-electron chi connectivity index (χ3n) is 2.84. The summed E-state index contributed by atoms with van der Waals surface area (Å²) in [5.41, 5.74) is 7.00. The lowest BCUT2D eigenvalue weighted by Crippen LogP contribution is -2.23. The fraction of sp³-hybridized carbons (Fsp3) is 0. The molecule has 3 heterocycles. The highest BCUT2D eigenvalue weighted by Crippen LogP contribution is 2.21. The lowest BCUT2D eigenvalue weighted by molar-refractivity contribution is 0.0977. The molecular weight excluding hydrogens is 271 g/mol. The van der Waals surface area contributed by atoms with E-state index in [0.717, 1.165) is 10.9 Å². The SMILES string of the molecule is BNC(=O)c1nnc(N)cc1Nc1cc2[nH]ncc2cn1. The molecule has 3 aromatic rings. The first-order chi connectivity index (χ1) is 10.2. The van der Waals surface area contributed by atoms with E-state index >= 15 is 0 Å². The van der Waals surface area contributed by atoms with Crippen LogP contribution in [-0.4, -0.2) is 39.3 Å². The van der Waals surface area contributed by atoms with E-state index in [4.69, 9.17) is 5.73 Å². The molecule has 0 spiro atoms. The summed E-state index contributed by atoms with van der Waals surface area (Å²) in [4.78, 5) is 16.0. The van der Waals surface area contributed by atoms with Gasteiger partial charge in [0.1, 0.15) is 11.6 Å². The molecule has 0 atom stereocenters. The molecule has 3 aromatic heterocycles. The topological polar surface area (TPSA) is 134 Å². The number of H-pyrrole nitrogens is 1. The summed E-state index contributed by atoms with van der Waals surface area (Å²) in [5, 5.41) is 20.6. The van der Waals surface area contributed by atoms with Crippen molar-refractivity contribution in [2.24, 2.45) is 0 Å². The number of amides is 1. The highest BCUT2D eigenvalue weighted by Gasteiger charge is 2.14. The highest BCUT2D eigenvalue weighted by molar-refractivity contribution is 6.19. The summed E-state index contributed by atoms with van der Waals surface area (Å²) in [6, 6.07) is 3.29. The number of nitrogen functional groups attached to an aromatic ring is 1. The average molecular weight is 282 g/mol. The van der Waals surface area contributed by atoms with Crippen molar-refractivity contribution >= 4 is 42.1 Å². The van der Waals surface area contributed by atoms with Crippen LogP contribution in [0, 0.1) is 0 Å². The fourth-order valence-corrected chi connectivity index (χ4v) is 1.83. The number of hydrogen-bond acceptors (Lipinski definition) is 7. The van der Waals surface area contributed by atoms with Gasteiger partial charge in [0, 0.05) is 23.7 Å². The van der Waals surface area contributed by atoms with Crippen LogP contribution in [0.4, 0.5) is 17.3 Å². The standard InChI is InChI=1S/C11H11BN8O/c12-17-11(21)10-7(1-8(13)19-20-10)16-9-2-6-5(3-14-9)4-15-18-6/h1-4H,12H2,(H,15,18)(H,17,21)(H3,13,14,16,19). The maximum atomic E-state index is 11.8. The number of nitrogens with one attached hydrogen (secondary N) is 3. The van der Waals surface area contributed by atoms with Crippen LogP contribution >= 0.6 is 0 Å². The molecule has 1 amide bonds. The Balaban J connectivity index is 1.99. The zero-order chi connectivity index (χ0) is 14.8. The molecule has 0 radical (unpaired) electrons. The van der Waals surface area contributed by atoms with Gasteiger partial charge in [0.05, 0.1) is 17.4 Å². The molecular formula is C11H11BN8O. The number of fused-ring (bicyclic) bond motifs is 1. The van der Waals surface area contributed by atoms with Crippen molar-refractivity contribution in [3.63, 3.8) is 0 Å². The Kier molecular flexibility index (Phi) is 3.11. The zero-order valence-electron chi connectivity index (χ0n) is 11.1. The number of aromatic amines is 1. The Morgan fingerprint density at radius 2 is 2.14 bits per heavy atom. The van der Waals surface area contributed by atoms with Crippen LogP contribution in [-0.2, 0) is 0 Å². The first-order valence-electron chi connectivity index (χ1n) is 6.09. The number of hydrogen-bond donors (Lipinski definition) is 4. The second-order valence-corrected chi connectivity index (χ2v) is 4.26. The number of anilines is 3. The molecule has 0 aromatic carbocycles. The largest absolute Gasteiger partial charge is 0.401 e. The van der Waals surface area contributed by atoms with Gasteiger partial charge in [-0.25, -0.2) is 4.98 Å². The van der Waals surface area contributed by atoms with Gasteiger partial charge in [0.15, 0.2) is 5.69 Å². The van der Waals surface area contributed by atoms with E-state index in [0.29, 0.717) is 11.5 Å². The van der Waals surface area contributed by atoms with E-state index < -0.39 is 0 Å². The van der Waals surface area contributed by atoms with Crippen LogP contribution in [0.15, 0.2) is 24.5 Å². The Morgan fingerprint density at radius 1 is 1.29 bits per heavy atom. The molecule has 0 saturated heterocycles. The summed E-state index contributed by atoms with van der Waals surface area (Å²) in [7, 11) is 1.51. The number of nitrogens with two attached hydrogens (primary N) is 1. The second-order valence-electron chi connectivity index (χ2n) is 4.26. The monoisotopic (exact) mass is 282 g/mol. The second kappa shape index (κ2) is 5.08. The molecule has 5 N–H and O–H groups in total. The minimum Gasteiger partial charge on any atom is -0.401 e. The number of rotatable bonds is 3. The molecule has 0 bridgehead atoms. The molecule has 0 aliphatic rings. The van der Waals surface area contributed by atoms with Gasteiger partial charge < -0.3 is 16.3 Å². The van der Waals surface area contributed by atoms with Crippen LogP contribution in [0.3, 0.4) is 0 Å². The number of nitrogens with zero attached hydrogens (tertiary/aromatic N) is 4. The lowest BCUT2D eigenvalue weighted by atomic mass is 10.2. The molecule has 9 nitrogen and oxygen atoms in total. The Bertz CT molecular complexity index is 817. The van der Waals surface area contributed by atoms with Gasteiger partial charge in [-0.2, -0.15) is 5.10 Å². The third kappa shape index (κ3) is 2.46. The average Bonchev–Trinajstić information content (AvgIpc) is 2.94. The molecule has 104 valence electrons. The number of aromatic nitrogens is 5. The minimum atomic E-state index is -0.368. The van der Waals surface area contributed by atoms with E-state index in [1.807, 2.05) is 0 Å². The first-order valence-corrected chi connectivity index (χ1v) is 6.09. The van der Waals surface area contributed by atoms with Crippen LogP contribution in [0.5, 0.6) is 0 Å². The van der Waals surface area contributed by atoms with Crippen molar-refractivity contribution in [3.8, 4) is 0 Å². The van der Waals surface area contributed by atoms with Crippen molar-refractivity contribution in [1.29, 1.82) is 0 Å². The molecule has 0 aliphatic carbocycles. The number of pyridine rings is 1. The summed E-state index contributed by atoms with van der Waals surface area (Å²) in [6.07, 6.45) is 3.34. The van der Waals surface area contributed by atoms with E-state index in [-0.39, 0.29) is 17.4 Å². The fourth-order valence-electron chi connectivity index (χ4n) is 1.83. The van der Waals surface area contributed by atoms with Crippen LogP contribution in [0.1, 0.15) is 10.5 Å². The molecule has 10 heteroatoms. The lowest BCUT2D eigenvalue weighted by Gasteiger charge is -2.09. The minimum absolute atomic E-state index is 0.137. The number of carbonyl (C=O) groups is 1. The van der Waals surface area contributed by atoms with Gasteiger partial charge in [0.2, 0.25) is 7.98 Å². The van der Waals surface area contributed by atoms with Crippen molar-refractivity contribution in [3.05, 3.63) is 30.2 Å². The van der Waals surface area contributed by atoms with Crippen molar-refractivity contribution < 1.29 is 4.79 Å². The Hall–Kier alpha value is -3.17. The molecule has 0 aliphatic heterocycles. The van der Waals surface area contributed by atoms with Gasteiger partial charge in [-0.15, -0.1) is 10.2 Å². The Labute approximate surface area is 119 Å². The van der Waals surface area contributed by atoms with E-state index in [1.165, 1.54) is 14.0 Å². The van der Waals surface area contributed by atoms with E-state index in [2.05, 4.69) is 35.9 Å². The molecule has 3 rings (SSSR count). The molecule has 21 heavy (non-hydrogen) atoms. The third-order valence-corrected chi connectivity index (χ3v) is 2.84. The number of carbonyl (C=O) groups excluding carboxylic acids is 1. The van der Waals surface area contributed by atoms with Crippen molar-refractivity contribution in [1.82, 2.24) is 30.6 Å². The predicted molar refractivity (Wildman–Crippen MR) is 79.6 cm³/mol. The highest BCUT2D eigenvalue weighted by atomic mass is 16.1. The summed E-state index contributed by atoms with van der Waals surface area (Å²) < 4.78 is 0. The van der Waals surface area contributed by atoms with Crippen LogP contribution < -0.4 is 16.3 Å².